The topological polar surface area (TPSA) is 97.2 Å². The number of fused-ring (bicyclic) bond motifs is 1. The number of aromatic nitrogens is 4. The van der Waals surface area contributed by atoms with E-state index in [9.17, 15) is 10.2 Å². The zero-order valence-electron chi connectivity index (χ0n) is 11.1. The molecule has 1 aliphatic rings. The van der Waals surface area contributed by atoms with Gasteiger partial charge in [-0.3, -0.25) is 4.57 Å². The second kappa shape index (κ2) is 5.24. The van der Waals surface area contributed by atoms with Crippen LogP contribution in [0.4, 0.5) is 0 Å². The van der Waals surface area contributed by atoms with Crippen molar-refractivity contribution in [2.45, 2.75) is 17.6 Å². The van der Waals surface area contributed by atoms with Crippen LogP contribution in [-0.4, -0.2) is 47.7 Å². The van der Waals surface area contributed by atoms with Gasteiger partial charge in [-0.1, -0.05) is 11.6 Å². The summed E-state index contributed by atoms with van der Waals surface area (Å²) in [5.41, 5.74) is 0.932. The summed E-state index contributed by atoms with van der Waals surface area (Å²) in [4.78, 5) is 12.6. The molecule has 0 radical (unpaired) electrons. The van der Waals surface area contributed by atoms with Gasteiger partial charge in [-0.15, -0.1) is 11.8 Å². The molecule has 7 nitrogen and oxygen atoms in total. The molecule has 114 valence electrons. The molecule has 1 aliphatic heterocycles. The number of hydrogen-bond donors (Lipinski definition) is 2. The summed E-state index contributed by atoms with van der Waals surface area (Å²) in [6, 6.07) is 3.51. The lowest BCUT2D eigenvalue weighted by molar-refractivity contribution is 0.0316. The Morgan fingerprint density at radius 1 is 1.36 bits per heavy atom. The normalized spacial score (nSPS) is 25.1. The molecule has 4 rings (SSSR count). The van der Waals surface area contributed by atoms with Crippen molar-refractivity contribution < 1.29 is 14.6 Å². The van der Waals surface area contributed by atoms with E-state index in [1.807, 2.05) is 0 Å². The molecule has 9 heteroatoms. The molecule has 0 saturated carbocycles. The third kappa shape index (κ3) is 2.03. The highest BCUT2D eigenvalue weighted by Crippen LogP contribution is 2.41. The van der Waals surface area contributed by atoms with E-state index in [-0.39, 0.29) is 5.15 Å². The second-order valence-electron chi connectivity index (χ2n) is 4.90. The van der Waals surface area contributed by atoms with Gasteiger partial charge in [-0.25, -0.2) is 15.0 Å². The third-order valence-corrected chi connectivity index (χ3v) is 5.19. The van der Waals surface area contributed by atoms with E-state index >= 15 is 0 Å². The largest absolute Gasteiger partial charge is 0.461 e. The summed E-state index contributed by atoms with van der Waals surface area (Å²) in [7, 11) is 0. The lowest BCUT2D eigenvalue weighted by atomic mass is 10.2. The van der Waals surface area contributed by atoms with Gasteiger partial charge in [0.2, 0.25) is 0 Å². The van der Waals surface area contributed by atoms with Crippen LogP contribution in [0.15, 0.2) is 29.1 Å². The fourth-order valence-corrected chi connectivity index (χ4v) is 4.00. The Hall–Kier alpha value is -1.61. The van der Waals surface area contributed by atoms with Crippen molar-refractivity contribution in [1.82, 2.24) is 19.5 Å². The van der Waals surface area contributed by atoms with Crippen molar-refractivity contribution in [3.63, 3.8) is 0 Å². The summed E-state index contributed by atoms with van der Waals surface area (Å²) in [5, 5.41) is 19.9. The summed E-state index contributed by atoms with van der Waals surface area (Å²) in [5.74, 6) is 1.46. The maximum Gasteiger partial charge on any atom is 0.179 e. The van der Waals surface area contributed by atoms with Gasteiger partial charge in [0, 0.05) is 5.75 Å². The Kier molecular flexibility index (Phi) is 3.33. The molecular weight excluding hydrogens is 328 g/mol. The van der Waals surface area contributed by atoms with Crippen LogP contribution >= 0.6 is 23.4 Å². The molecule has 0 aliphatic carbocycles. The lowest BCUT2D eigenvalue weighted by Gasteiger charge is -2.19. The molecule has 0 spiro atoms. The standard InChI is InChI=1S/C13H11ClN4O3S/c14-10-8-12(16-5-15-10)18(13-9(20)6(19)4-22-13)11(17-8)7-2-1-3-21-7/h1-3,5-6,9,13,19-20H,4H2/t6-,9-,13-/m1/s1. The van der Waals surface area contributed by atoms with E-state index in [0.29, 0.717) is 28.5 Å². The van der Waals surface area contributed by atoms with Gasteiger partial charge < -0.3 is 14.6 Å². The molecule has 3 aromatic heterocycles. The van der Waals surface area contributed by atoms with Crippen molar-refractivity contribution in [2.24, 2.45) is 0 Å². The fraction of sp³-hybridized carbons (Fsp3) is 0.308. The molecule has 3 atom stereocenters. The predicted molar refractivity (Wildman–Crippen MR) is 81.5 cm³/mol. The number of imidazole rings is 1. The van der Waals surface area contributed by atoms with E-state index in [4.69, 9.17) is 16.0 Å². The first-order valence-electron chi connectivity index (χ1n) is 6.57. The molecule has 2 N–H and O–H groups in total. The van der Waals surface area contributed by atoms with Crippen molar-refractivity contribution in [3.8, 4) is 11.6 Å². The highest BCUT2D eigenvalue weighted by Gasteiger charge is 2.38. The molecule has 0 unspecified atom stereocenters. The van der Waals surface area contributed by atoms with Crippen molar-refractivity contribution in [3.05, 3.63) is 29.9 Å². The first-order chi connectivity index (χ1) is 10.7. The number of furan rings is 1. The molecule has 1 fully saturated rings. The molecule has 0 bridgehead atoms. The first kappa shape index (κ1) is 14.0. The van der Waals surface area contributed by atoms with Gasteiger partial charge in [-0.05, 0) is 12.1 Å². The van der Waals surface area contributed by atoms with Crippen LogP contribution in [0.3, 0.4) is 0 Å². The van der Waals surface area contributed by atoms with Crippen molar-refractivity contribution in [2.75, 3.05) is 5.75 Å². The van der Waals surface area contributed by atoms with Gasteiger partial charge >= 0.3 is 0 Å². The first-order valence-corrected chi connectivity index (χ1v) is 7.99. The van der Waals surface area contributed by atoms with E-state index in [0.717, 1.165) is 0 Å². The van der Waals surface area contributed by atoms with Gasteiger partial charge in [0.25, 0.3) is 0 Å². The molecule has 1 saturated heterocycles. The molecular formula is C13H11ClN4O3S. The summed E-state index contributed by atoms with van der Waals surface area (Å²) in [6.45, 7) is 0. The molecule has 0 amide bonds. The van der Waals surface area contributed by atoms with Crippen LogP contribution in [0, 0.1) is 0 Å². The van der Waals surface area contributed by atoms with Crippen LogP contribution in [0.5, 0.6) is 0 Å². The molecule has 3 aromatic rings. The Bertz CT molecular complexity index is 822. The summed E-state index contributed by atoms with van der Waals surface area (Å²) in [6.07, 6.45) is 1.16. The Labute approximate surface area is 134 Å². The monoisotopic (exact) mass is 338 g/mol. The van der Waals surface area contributed by atoms with E-state index in [2.05, 4.69) is 15.0 Å². The number of halogens is 1. The quantitative estimate of drug-likeness (QED) is 0.686. The van der Waals surface area contributed by atoms with Crippen molar-refractivity contribution in [1.29, 1.82) is 0 Å². The summed E-state index contributed by atoms with van der Waals surface area (Å²) < 4.78 is 7.17. The zero-order valence-corrected chi connectivity index (χ0v) is 12.7. The average molecular weight is 339 g/mol. The number of thioether (sulfide) groups is 1. The second-order valence-corrected chi connectivity index (χ2v) is 6.41. The van der Waals surface area contributed by atoms with Crippen molar-refractivity contribution >= 4 is 34.5 Å². The highest BCUT2D eigenvalue weighted by molar-refractivity contribution is 7.99. The summed E-state index contributed by atoms with van der Waals surface area (Å²) >= 11 is 7.53. The Morgan fingerprint density at radius 3 is 2.91 bits per heavy atom. The van der Waals surface area contributed by atoms with Gasteiger partial charge in [0.05, 0.1) is 12.4 Å². The van der Waals surface area contributed by atoms with Gasteiger partial charge in [0.1, 0.15) is 23.3 Å². The predicted octanol–water partition coefficient (Wildman–Crippen LogP) is 1.71. The molecule has 22 heavy (non-hydrogen) atoms. The third-order valence-electron chi connectivity index (χ3n) is 3.55. The molecule has 4 heterocycles. The van der Waals surface area contributed by atoms with Crippen LogP contribution in [-0.2, 0) is 0 Å². The minimum atomic E-state index is -0.926. The van der Waals surface area contributed by atoms with Crippen LogP contribution in [0.1, 0.15) is 5.37 Å². The fourth-order valence-electron chi connectivity index (χ4n) is 2.51. The number of nitrogens with zero attached hydrogens (tertiary/aromatic N) is 4. The van der Waals surface area contributed by atoms with Crippen LogP contribution < -0.4 is 0 Å². The maximum atomic E-state index is 10.3. The SMILES string of the molecule is O[C@@H]1[C@H](O)CS[C@H]1n1c(-c2ccco2)nc2c(Cl)ncnc21. The van der Waals surface area contributed by atoms with Crippen LogP contribution in [0.2, 0.25) is 5.15 Å². The minimum Gasteiger partial charge on any atom is -0.461 e. The number of aliphatic hydroxyl groups excluding tert-OH is 2. The van der Waals surface area contributed by atoms with Gasteiger partial charge in [-0.2, -0.15) is 0 Å². The number of hydrogen-bond acceptors (Lipinski definition) is 7. The van der Waals surface area contributed by atoms with E-state index in [1.54, 1.807) is 23.0 Å². The van der Waals surface area contributed by atoms with E-state index < -0.39 is 17.6 Å². The van der Waals surface area contributed by atoms with E-state index in [1.165, 1.54) is 18.1 Å². The van der Waals surface area contributed by atoms with Crippen LogP contribution in [0.25, 0.3) is 22.7 Å². The Morgan fingerprint density at radius 2 is 2.23 bits per heavy atom. The molecule has 0 aromatic carbocycles. The number of rotatable bonds is 2. The maximum absolute atomic E-state index is 10.3. The lowest BCUT2D eigenvalue weighted by Crippen LogP contribution is -2.28. The minimum absolute atomic E-state index is 0.231. The zero-order chi connectivity index (χ0) is 15.3. The Balaban J connectivity index is 1.98. The van der Waals surface area contributed by atoms with Gasteiger partial charge in [0.15, 0.2) is 22.4 Å². The average Bonchev–Trinajstić information content (AvgIpc) is 3.20. The smallest absolute Gasteiger partial charge is 0.179 e. The number of aliphatic hydroxyl groups is 2. The highest BCUT2D eigenvalue weighted by atomic mass is 35.5.